The zero-order valence-electron chi connectivity index (χ0n) is 9.47. The number of rotatable bonds is 2. The molecular formula is C13H11ClN2OS. The van der Waals surface area contributed by atoms with Gasteiger partial charge in [-0.25, -0.2) is 8.77 Å². The fourth-order valence-electron chi connectivity index (χ4n) is 1.92. The number of allylic oxidation sites excluding steroid dienone is 3. The number of aromatic nitrogens is 2. The van der Waals surface area contributed by atoms with Gasteiger partial charge < -0.3 is 4.98 Å². The van der Waals surface area contributed by atoms with Crippen molar-refractivity contribution in [3.8, 4) is 0 Å². The molecule has 0 saturated carbocycles. The molecule has 0 saturated heterocycles. The van der Waals surface area contributed by atoms with E-state index in [1.807, 2.05) is 48.6 Å². The predicted molar refractivity (Wildman–Crippen MR) is 77.0 cm³/mol. The summed E-state index contributed by atoms with van der Waals surface area (Å²) in [6, 6.07) is 7.59. The Morgan fingerprint density at radius 1 is 1.33 bits per heavy atom. The van der Waals surface area contributed by atoms with Crippen molar-refractivity contribution in [3.63, 3.8) is 0 Å². The molecule has 0 aliphatic heterocycles. The first-order valence-corrected chi connectivity index (χ1v) is 6.76. The highest BCUT2D eigenvalue weighted by atomic mass is 35.5. The summed E-state index contributed by atoms with van der Waals surface area (Å²) in [6.07, 6.45) is 8.47. The van der Waals surface area contributed by atoms with Gasteiger partial charge in [0, 0.05) is 0 Å². The van der Waals surface area contributed by atoms with Crippen LogP contribution in [0.4, 0.5) is 0 Å². The van der Waals surface area contributed by atoms with Crippen molar-refractivity contribution in [3.05, 3.63) is 59.1 Å². The van der Waals surface area contributed by atoms with Crippen LogP contribution in [0.15, 0.2) is 53.4 Å². The summed E-state index contributed by atoms with van der Waals surface area (Å²) in [5, 5.41) is 0. The average Bonchev–Trinajstić information content (AvgIpc) is 2.67. The number of aromatic amines is 1. The summed E-state index contributed by atoms with van der Waals surface area (Å²) in [4.78, 5) is 14.8. The molecule has 92 valence electrons. The summed E-state index contributed by atoms with van der Waals surface area (Å²) in [6.45, 7) is 0. The smallest absolute Gasteiger partial charge is 0.305 e. The maximum absolute atomic E-state index is 11.9. The molecule has 1 aliphatic carbocycles. The third kappa shape index (κ3) is 2.02. The molecule has 0 bridgehead atoms. The van der Waals surface area contributed by atoms with Gasteiger partial charge in [0.05, 0.1) is 11.0 Å². The number of H-pyrrole nitrogens is 1. The van der Waals surface area contributed by atoms with Crippen molar-refractivity contribution in [2.45, 2.75) is 10.6 Å². The molecular weight excluding hydrogens is 268 g/mol. The van der Waals surface area contributed by atoms with Crippen LogP contribution in [0.3, 0.4) is 0 Å². The lowest BCUT2D eigenvalue weighted by Crippen LogP contribution is -2.21. The minimum Gasteiger partial charge on any atom is -0.305 e. The average molecular weight is 279 g/mol. The zero-order chi connectivity index (χ0) is 12.6. The van der Waals surface area contributed by atoms with Gasteiger partial charge in [-0.1, -0.05) is 36.4 Å². The second-order valence-corrected chi connectivity index (χ2v) is 6.29. The van der Waals surface area contributed by atoms with Crippen molar-refractivity contribution in [2.75, 3.05) is 0 Å². The lowest BCUT2D eigenvalue weighted by molar-refractivity contribution is 0.960. The van der Waals surface area contributed by atoms with Crippen LogP contribution in [0.5, 0.6) is 0 Å². The Bertz CT molecular complexity index is 700. The van der Waals surface area contributed by atoms with Crippen molar-refractivity contribution in [1.29, 1.82) is 0 Å². The number of nitrogens with one attached hydrogen (secondary N) is 1. The summed E-state index contributed by atoms with van der Waals surface area (Å²) < 4.78 is 1.02. The molecule has 5 heteroatoms. The maximum Gasteiger partial charge on any atom is 0.336 e. The second-order valence-electron chi connectivity index (χ2n) is 4.11. The van der Waals surface area contributed by atoms with E-state index in [2.05, 4.69) is 4.98 Å². The Kier molecular flexibility index (Phi) is 2.84. The van der Waals surface area contributed by atoms with Crippen LogP contribution in [0.25, 0.3) is 11.0 Å². The van der Waals surface area contributed by atoms with E-state index in [0.717, 1.165) is 11.0 Å². The second kappa shape index (κ2) is 4.37. The summed E-state index contributed by atoms with van der Waals surface area (Å²) in [7, 11) is 0. The highest BCUT2D eigenvalue weighted by Crippen LogP contribution is 2.38. The monoisotopic (exact) mass is 278 g/mol. The number of imidazole rings is 1. The van der Waals surface area contributed by atoms with Crippen LogP contribution >= 0.6 is 23.5 Å². The molecule has 1 N–H and O–H groups in total. The van der Waals surface area contributed by atoms with Crippen molar-refractivity contribution < 1.29 is 0 Å². The Morgan fingerprint density at radius 3 is 2.94 bits per heavy atom. The minimum atomic E-state index is -0.594. The maximum atomic E-state index is 11.9. The Morgan fingerprint density at radius 2 is 2.17 bits per heavy atom. The predicted octanol–water partition coefficient (Wildman–Crippen LogP) is 3.28. The zero-order valence-corrected chi connectivity index (χ0v) is 11.0. The van der Waals surface area contributed by atoms with E-state index in [0.29, 0.717) is 6.42 Å². The number of para-hydroxylation sites is 2. The van der Waals surface area contributed by atoms with Gasteiger partial charge in [0.15, 0.2) is 0 Å². The number of halogens is 1. The SMILES string of the molecule is O=c1[nH]c2ccccc2n1SC1(Cl)C=CC=CC1. The summed E-state index contributed by atoms with van der Waals surface area (Å²) in [5.74, 6) is 0. The van der Waals surface area contributed by atoms with Gasteiger partial charge in [0.1, 0.15) is 4.21 Å². The van der Waals surface area contributed by atoms with Crippen LogP contribution in [0, 0.1) is 0 Å². The fraction of sp³-hybridized carbons (Fsp3) is 0.154. The highest BCUT2D eigenvalue weighted by molar-refractivity contribution is 8.00. The number of alkyl halides is 1. The van der Waals surface area contributed by atoms with Crippen LogP contribution in [0.1, 0.15) is 6.42 Å². The van der Waals surface area contributed by atoms with E-state index in [1.165, 1.54) is 11.9 Å². The van der Waals surface area contributed by atoms with Gasteiger partial charge in [-0.3, -0.25) is 0 Å². The molecule has 1 unspecified atom stereocenters. The molecule has 1 aromatic carbocycles. The number of benzene rings is 1. The van der Waals surface area contributed by atoms with E-state index in [9.17, 15) is 4.79 Å². The molecule has 0 fully saturated rings. The molecule has 1 atom stereocenters. The van der Waals surface area contributed by atoms with Gasteiger partial charge in [-0.2, -0.15) is 0 Å². The molecule has 3 rings (SSSR count). The van der Waals surface area contributed by atoms with E-state index in [4.69, 9.17) is 11.6 Å². The van der Waals surface area contributed by atoms with Gasteiger partial charge >= 0.3 is 5.69 Å². The molecule has 0 amide bonds. The summed E-state index contributed by atoms with van der Waals surface area (Å²) in [5.41, 5.74) is 1.53. The number of hydrogen-bond donors (Lipinski definition) is 1. The van der Waals surface area contributed by atoms with E-state index >= 15 is 0 Å². The minimum absolute atomic E-state index is 0.149. The molecule has 1 aliphatic rings. The van der Waals surface area contributed by atoms with Crippen LogP contribution in [0.2, 0.25) is 0 Å². The van der Waals surface area contributed by atoms with E-state index in [-0.39, 0.29) is 5.69 Å². The Labute approximate surface area is 113 Å². The molecule has 1 aromatic heterocycles. The molecule has 3 nitrogen and oxygen atoms in total. The number of hydrogen-bond acceptors (Lipinski definition) is 2. The van der Waals surface area contributed by atoms with Crippen LogP contribution < -0.4 is 5.69 Å². The number of fused-ring (bicyclic) bond motifs is 1. The van der Waals surface area contributed by atoms with Gasteiger partial charge in [-0.05, 0) is 30.5 Å². The fourth-order valence-corrected chi connectivity index (χ4v) is 3.29. The molecule has 1 heterocycles. The van der Waals surface area contributed by atoms with Crippen LogP contribution in [-0.2, 0) is 0 Å². The highest BCUT2D eigenvalue weighted by Gasteiger charge is 2.27. The Hall–Kier alpha value is -1.39. The Balaban J connectivity index is 2.05. The van der Waals surface area contributed by atoms with Gasteiger partial charge in [0.2, 0.25) is 0 Å². The summed E-state index contributed by atoms with van der Waals surface area (Å²) >= 11 is 7.82. The van der Waals surface area contributed by atoms with Gasteiger partial charge in [-0.15, -0.1) is 11.6 Å². The van der Waals surface area contributed by atoms with E-state index in [1.54, 1.807) is 3.97 Å². The van der Waals surface area contributed by atoms with Crippen molar-refractivity contribution >= 4 is 34.6 Å². The molecule has 0 spiro atoms. The van der Waals surface area contributed by atoms with Crippen molar-refractivity contribution in [2.24, 2.45) is 0 Å². The number of nitrogens with zero attached hydrogens (tertiary/aromatic N) is 1. The quantitative estimate of drug-likeness (QED) is 0.856. The first kappa shape index (κ1) is 11.7. The topological polar surface area (TPSA) is 37.8 Å². The molecule has 0 radical (unpaired) electrons. The third-order valence-corrected chi connectivity index (χ3v) is 4.42. The standard InChI is InChI=1S/C13H11ClN2OS/c14-13(8-4-1-5-9-13)18-16-11-7-3-2-6-10(11)15-12(16)17/h1-8H,9H2,(H,15,17). The third-order valence-electron chi connectivity index (χ3n) is 2.78. The van der Waals surface area contributed by atoms with Gasteiger partial charge in [0.25, 0.3) is 0 Å². The molecule has 2 aromatic rings. The normalized spacial score (nSPS) is 22.7. The molecule has 18 heavy (non-hydrogen) atoms. The first-order chi connectivity index (χ1) is 8.68. The van der Waals surface area contributed by atoms with Crippen molar-refractivity contribution in [1.82, 2.24) is 8.96 Å². The first-order valence-electron chi connectivity index (χ1n) is 5.60. The van der Waals surface area contributed by atoms with E-state index < -0.39 is 4.21 Å². The lowest BCUT2D eigenvalue weighted by Gasteiger charge is -2.22. The largest absolute Gasteiger partial charge is 0.336 e. The van der Waals surface area contributed by atoms with Crippen LogP contribution in [-0.4, -0.2) is 13.2 Å². The lowest BCUT2D eigenvalue weighted by atomic mass is 10.2.